The number of hydrogen-bond donors (Lipinski definition) is 0. The van der Waals surface area contributed by atoms with Gasteiger partial charge in [0.1, 0.15) is 11.5 Å². The number of rotatable bonds is 12. The van der Waals surface area contributed by atoms with E-state index in [0.29, 0.717) is 29.4 Å². The van der Waals surface area contributed by atoms with Crippen LogP contribution in [0.5, 0.6) is 11.5 Å². The number of anilines is 1. The van der Waals surface area contributed by atoms with Crippen molar-refractivity contribution in [3.05, 3.63) is 83.9 Å². The van der Waals surface area contributed by atoms with Crippen LogP contribution in [0.2, 0.25) is 0 Å². The molecule has 202 valence electrons. The van der Waals surface area contributed by atoms with Gasteiger partial charge in [-0.2, -0.15) is 0 Å². The number of Topliss-reactive ketones (excluding diaryl/α,β-unsaturated/α-hetero) is 1. The number of nitrogens with zero attached hydrogens (tertiary/aromatic N) is 2. The molecule has 8 nitrogen and oxygen atoms in total. The van der Waals surface area contributed by atoms with E-state index in [1.807, 2.05) is 12.1 Å². The summed E-state index contributed by atoms with van der Waals surface area (Å²) in [5.41, 5.74) is 1.78. The van der Waals surface area contributed by atoms with Gasteiger partial charge < -0.3 is 14.2 Å². The van der Waals surface area contributed by atoms with Crippen molar-refractivity contribution >= 4 is 21.5 Å². The molecule has 0 aliphatic carbocycles. The highest BCUT2D eigenvalue weighted by atomic mass is 32.2. The number of carbonyl (C=O) groups is 1. The summed E-state index contributed by atoms with van der Waals surface area (Å²) in [6.45, 7) is 6.52. The number of carbonyl (C=O) groups excluding carboxylic acids is 1. The van der Waals surface area contributed by atoms with Crippen molar-refractivity contribution in [2.24, 2.45) is 0 Å². The molecule has 0 N–H and O–H groups in total. The minimum atomic E-state index is -3.91. The van der Waals surface area contributed by atoms with Gasteiger partial charge in [-0.1, -0.05) is 12.1 Å². The van der Waals surface area contributed by atoms with Gasteiger partial charge in [-0.25, -0.2) is 8.42 Å². The Hall–Kier alpha value is -3.40. The van der Waals surface area contributed by atoms with E-state index in [-0.39, 0.29) is 17.2 Å². The van der Waals surface area contributed by atoms with Crippen LogP contribution < -0.4 is 13.8 Å². The normalized spacial score (nSPS) is 14.2. The quantitative estimate of drug-likeness (QED) is 0.250. The molecule has 0 saturated carbocycles. The molecule has 4 rings (SSSR count). The maximum absolute atomic E-state index is 13.8. The summed E-state index contributed by atoms with van der Waals surface area (Å²) in [5, 5.41) is 0. The van der Waals surface area contributed by atoms with Gasteiger partial charge in [0.15, 0.2) is 5.78 Å². The van der Waals surface area contributed by atoms with E-state index in [4.69, 9.17) is 14.2 Å². The highest BCUT2D eigenvalue weighted by Gasteiger charge is 2.25. The maximum atomic E-state index is 13.8. The average molecular weight is 539 g/mol. The van der Waals surface area contributed by atoms with Crippen molar-refractivity contribution in [2.75, 3.05) is 50.9 Å². The Bertz CT molecular complexity index is 1290. The molecule has 38 heavy (non-hydrogen) atoms. The lowest BCUT2D eigenvalue weighted by molar-refractivity contribution is 0.0358. The molecule has 1 aliphatic heterocycles. The molecule has 3 aromatic carbocycles. The van der Waals surface area contributed by atoms with E-state index < -0.39 is 10.0 Å². The van der Waals surface area contributed by atoms with Crippen molar-refractivity contribution in [3.8, 4) is 11.5 Å². The van der Waals surface area contributed by atoms with Crippen LogP contribution in [-0.2, 0) is 21.3 Å². The van der Waals surface area contributed by atoms with Crippen molar-refractivity contribution in [1.82, 2.24) is 4.90 Å². The molecule has 0 atom stereocenters. The fourth-order valence-electron chi connectivity index (χ4n) is 4.21. The predicted molar refractivity (Wildman–Crippen MR) is 147 cm³/mol. The van der Waals surface area contributed by atoms with Crippen LogP contribution in [0.25, 0.3) is 0 Å². The third-order valence-electron chi connectivity index (χ3n) is 6.45. The van der Waals surface area contributed by atoms with Gasteiger partial charge in [0.2, 0.25) is 0 Å². The van der Waals surface area contributed by atoms with Gasteiger partial charge in [-0.15, -0.1) is 0 Å². The Morgan fingerprint density at radius 3 is 2.16 bits per heavy atom. The Morgan fingerprint density at radius 2 is 1.55 bits per heavy atom. The van der Waals surface area contributed by atoms with Crippen molar-refractivity contribution < 1.29 is 27.4 Å². The number of sulfonamides is 1. The minimum Gasteiger partial charge on any atom is -0.497 e. The van der Waals surface area contributed by atoms with Crippen LogP contribution in [0.3, 0.4) is 0 Å². The molecule has 9 heteroatoms. The molecule has 0 radical (unpaired) electrons. The van der Waals surface area contributed by atoms with Gasteiger partial charge in [-0.05, 0) is 79.6 Å². The number of benzene rings is 3. The van der Waals surface area contributed by atoms with Gasteiger partial charge in [0.25, 0.3) is 10.0 Å². The lowest BCUT2D eigenvalue weighted by Gasteiger charge is -2.26. The molecular weight excluding hydrogens is 504 g/mol. The summed E-state index contributed by atoms with van der Waals surface area (Å²) in [4.78, 5) is 14.2. The first-order valence-electron chi connectivity index (χ1n) is 12.7. The largest absolute Gasteiger partial charge is 0.497 e. The highest BCUT2D eigenvalue weighted by Crippen LogP contribution is 2.28. The fraction of sp³-hybridized carbons (Fsp3) is 0.345. The minimum absolute atomic E-state index is 0.0818. The molecule has 0 spiro atoms. The lowest BCUT2D eigenvalue weighted by Crippen LogP contribution is -2.37. The maximum Gasteiger partial charge on any atom is 0.264 e. The van der Waals surface area contributed by atoms with Crippen LogP contribution in [0.15, 0.2) is 77.7 Å². The molecule has 1 aliphatic rings. The molecule has 0 bridgehead atoms. The van der Waals surface area contributed by atoms with E-state index in [2.05, 4.69) is 4.90 Å². The third kappa shape index (κ3) is 7.12. The zero-order chi connectivity index (χ0) is 27.0. The second-order valence-electron chi connectivity index (χ2n) is 9.09. The van der Waals surface area contributed by atoms with E-state index in [1.54, 1.807) is 67.8 Å². The second kappa shape index (κ2) is 12.9. The van der Waals surface area contributed by atoms with Crippen molar-refractivity contribution in [1.29, 1.82) is 0 Å². The highest BCUT2D eigenvalue weighted by molar-refractivity contribution is 7.92. The van der Waals surface area contributed by atoms with E-state index >= 15 is 0 Å². The smallest absolute Gasteiger partial charge is 0.264 e. The summed E-state index contributed by atoms with van der Waals surface area (Å²) in [5.74, 6) is 1.23. The first-order chi connectivity index (χ1) is 18.4. The molecule has 0 aromatic heterocycles. The second-order valence-corrected chi connectivity index (χ2v) is 11.0. The topological polar surface area (TPSA) is 85.4 Å². The van der Waals surface area contributed by atoms with Gasteiger partial charge in [-0.3, -0.25) is 14.0 Å². The SMILES string of the molecule is COc1ccc(CN(c2ccc(C(C)=O)cc2)S(=O)(=O)c2ccc(OCCCN3CCOCC3)cc2)cc1. The van der Waals surface area contributed by atoms with Crippen LogP contribution >= 0.6 is 0 Å². The van der Waals surface area contributed by atoms with Crippen LogP contribution in [0.1, 0.15) is 29.3 Å². The summed E-state index contributed by atoms with van der Waals surface area (Å²) in [7, 11) is -2.33. The number of methoxy groups -OCH3 is 1. The number of ether oxygens (including phenoxy) is 3. The van der Waals surface area contributed by atoms with E-state index in [0.717, 1.165) is 44.8 Å². The summed E-state index contributed by atoms with van der Waals surface area (Å²) in [6.07, 6.45) is 0.881. The van der Waals surface area contributed by atoms with Crippen LogP contribution in [0.4, 0.5) is 5.69 Å². The predicted octanol–water partition coefficient (Wildman–Crippen LogP) is 4.39. The van der Waals surface area contributed by atoms with Crippen molar-refractivity contribution in [2.45, 2.75) is 24.8 Å². The van der Waals surface area contributed by atoms with Gasteiger partial charge in [0.05, 0.1) is 44.1 Å². The first kappa shape index (κ1) is 27.6. The van der Waals surface area contributed by atoms with Gasteiger partial charge >= 0.3 is 0 Å². The molecule has 0 unspecified atom stereocenters. The van der Waals surface area contributed by atoms with Crippen LogP contribution in [0, 0.1) is 0 Å². The Balaban J connectivity index is 1.49. The molecule has 1 saturated heterocycles. The van der Waals surface area contributed by atoms with E-state index in [1.165, 1.54) is 11.2 Å². The number of hydrogen-bond acceptors (Lipinski definition) is 7. The summed E-state index contributed by atoms with van der Waals surface area (Å²) < 4.78 is 45.4. The lowest BCUT2D eigenvalue weighted by atomic mass is 10.1. The molecular formula is C29H34N2O6S. The third-order valence-corrected chi connectivity index (χ3v) is 8.24. The standard InChI is InChI=1S/C29H34N2O6S/c1-23(32)25-6-8-26(9-7-25)31(22-24-4-10-27(35-2)11-5-24)38(33,34)29-14-12-28(13-15-29)37-19-3-16-30-17-20-36-21-18-30/h4-15H,3,16-22H2,1-2H3. The Morgan fingerprint density at radius 1 is 0.921 bits per heavy atom. The molecule has 3 aromatic rings. The molecule has 1 fully saturated rings. The van der Waals surface area contributed by atoms with Crippen LogP contribution in [-0.4, -0.2) is 65.7 Å². The fourth-order valence-corrected chi connectivity index (χ4v) is 5.67. The first-order valence-corrected chi connectivity index (χ1v) is 14.1. The van der Waals surface area contributed by atoms with E-state index in [9.17, 15) is 13.2 Å². The monoisotopic (exact) mass is 538 g/mol. The summed E-state index contributed by atoms with van der Waals surface area (Å²) >= 11 is 0. The summed E-state index contributed by atoms with van der Waals surface area (Å²) in [6, 6.07) is 20.4. The molecule has 1 heterocycles. The number of ketones is 1. The molecule has 0 amide bonds. The average Bonchev–Trinajstić information content (AvgIpc) is 2.95. The zero-order valence-corrected chi connectivity index (χ0v) is 22.7. The Labute approximate surface area is 224 Å². The Kier molecular flexibility index (Phi) is 9.38. The zero-order valence-electron chi connectivity index (χ0n) is 21.8. The van der Waals surface area contributed by atoms with Gasteiger partial charge in [0, 0.05) is 25.2 Å². The van der Waals surface area contributed by atoms with Crippen molar-refractivity contribution in [3.63, 3.8) is 0 Å². The number of morpholine rings is 1.